The molecule has 1 fully saturated rings. The summed E-state index contributed by atoms with van der Waals surface area (Å²) in [6.45, 7) is 7.41. The van der Waals surface area contributed by atoms with Crippen molar-refractivity contribution in [2.45, 2.75) is 96.9 Å². The summed E-state index contributed by atoms with van der Waals surface area (Å²) in [5.74, 6) is -0.235. The Kier molecular flexibility index (Phi) is 7.92. The van der Waals surface area contributed by atoms with Crippen LogP contribution in [-0.2, 0) is 9.47 Å². The van der Waals surface area contributed by atoms with Crippen molar-refractivity contribution in [3.8, 4) is 0 Å². The summed E-state index contributed by atoms with van der Waals surface area (Å²) in [5.41, 5.74) is 0. The Balaban J connectivity index is 2.29. The van der Waals surface area contributed by atoms with Crippen LogP contribution in [0.2, 0.25) is 0 Å². The van der Waals surface area contributed by atoms with Crippen LogP contribution >= 0.6 is 0 Å². The minimum Gasteiger partial charge on any atom is -0.347 e. The van der Waals surface area contributed by atoms with Crippen LogP contribution in [-0.4, -0.2) is 18.5 Å². The molecule has 0 radical (unpaired) electrons. The van der Waals surface area contributed by atoms with Gasteiger partial charge in [-0.25, -0.2) is 0 Å². The lowest BCUT2D eigenvalue weighted by Gasteiger charge is -2.28. The molecule has 0 aromatic heterocycles. The molecule has 2 heteroatoms. The predicted octanol–water partition coefficient (Wildman–Crippen LogP) is 5.06. The average molecular weight is 256 g/mol. The molecule has 1 atom stereocenters. The number of ether oxygens (including phenoxy) is 2. The first-order valence-corrected chi connectivity index (χ1v) is 8.04. The fraction of sp³-hybridized carbons (Fsp3) is 1.00. The van der Waals surface area contributed by atoms with Gasteiger partial charge in [-0.05, 0) is 19.8 Å². The Bertz CT molecular complexity index is 191. The summed E-state index contributed by atoms with van der Waals surface area (Å²) < 4.78 is 12.1. The van der Waals surface area contributed by atoms with Gasteiger partial charge < -0.3 is 9.47 Å². The minimum absolute atomic E-state index is 0.235. The van der Waals surface area contributed by atoms with Gasteiger partial charge in [-0.3, -0.25) is 0 Å². The van der Waals surface area contributed by atoms with E-state index in [1.807, 2.05) is 0 Å². The summed E-state index contributed by atoms with van der Waals surface area (Å²) in [5, 5.41) is 0. The molecule has 0 aliphatic carbocycles. The van der Waals surface area contributed by atoms with Gasteiger partial charge in [0.25, 0.3) is 0 Å². The van der Waals surface area contributed by atoms with E-state index in [1.165, 1.54) is 51.4 Å². The van der Waals surface area contributed by atoms with Crippen molar-refractivity contribution in [2.24, 2.45) is 0 Å². The number of hydrogen-bond acceptors (Lipinski definition) is 2. The molecule has 1 unspecified atom stereocenters. The van der Waals surface area contributed by atoms with E-state index in [2.05, 4.69) is 20.8 Å². The van der Waals surface area contributed by atoms with E-state index in [0.717, 1.165) is 19.4 Å². The molecule has 2 nitrogen and oxygen atoms in total. The Labute approximate surface area is 113 Å². The van der Waals surface area contributed by atoms with Gasteiger partial charge in [0.05, 0.1) is 12.7 Å². The molecule has 1 heterocycles. The van der Waals surface area contributed by atoms with Crippen molar-refractivity contribution in [1.29, 1.82) is 0 Å². The Hall–Kier alpha value is -0.0800. The Morgan fingerprint density at radius 1 is 0.889 bits per heavy atom. The fourth-order valence-electron chi connectivity index (χ4n) is 2.73. The molecular weight excluding hydrogens is 224 g/mol. The second-order valence-electron chi connectivity index (χ2n) is 5.77. The summed E-state index contributed by atoms with van der Waals surface area (Å²) in [4.78, 5) is 0. The Morgan fingerprint density at radius 3 is 1.83 bits per heavy atom. The van der Waals surface area contributed by atoms with Gasteiger partial charge in [0.1, 0.15) is 0 Å². The number of rotatable bonds is 10. The lowest BCUT2D eigenvalue weighted by atomic mass is 10.00. The maximum Gasteiger partial charge on any atom is 0.168 e. The van der Waals surface area contributed by atoms with Crippen LogP contribution in [0.25, 0.3) is 0 Å². The highest BCUT2D eigenvalue weighted by atomic mass is 16.7. The molecule has 0 aromatic rings. The first-order chi connectivity index (χ1) is 8.72. The van der Waals surface area contributed by atoms with E-state index >= 15 is 0 Å². The highest BCUT2D eigenvalue weighted by molar-refractivity contribution is 4.77. The van der Waals surface area contributed by atoms with E-state index in [9.17, 15) is 0 Å². The number of hydrogen-bond donors (Lipinski definition) is 0. The molecule has 108 valence electrons. The topological polar surface area (TPSA) is 18.5 Å². The molecule has 0 amide bonds. The molecule has 1 aliphatic heterocycles. The highest BCUT2D eigenvalue weighted by Gasteiger charge is 2.38. The molecule has 1 rings (SSSR count). The maximum absolute atomic E-state index is 6.09. The second-order valence-corrected chi connectivity index (χ2v) is 5.77. The van der Waals surface area contributed by atoms with Gasteiger partial charge >= 0.3 is 0 Å². The standard InChI is InChI=1S/C16H32O2/c1-4-6-8-10-12-16(13-11-9-7-5-2)17-14-15(3)18-16/h15H,4-14H2,1-3H3. The maximum atomic E-state index is 6.09. The monoisotopic (exact) mass is 256 g/mol. The zero-order valence-electron chi connectivity index (χ0n) is 12.7. The van der Waals surface area contributed by atoms with Crippen LogP contribution in [0.3, 0.4) is 0 Å². The largest absolute Gasteiger partial charge is 0.347 e. The lowest BCUT2D eigenvalue weighted by molar-refractivity contribution is -0.177. The van der Waals surface area contributed by atoms with Crippen LogP contribution < -0.4 is 0 Å². The smallest absolute Gasteiger partial charge is 0.168 e. The zero-order chi connectivity index (χ0) is 13.3. The second kappa shape index (κ2) is 8.92. The van der Waals surface area contributed by atoms with E-state index in [1.54, 1.807) is 0 Å². The SMILES string of the molecule is CCCCCCC1(CCCCCC)OCC(C)O1. The van der Waals surface area contributed by atoms with Crippen LogP contribution in [0.15, 0.2) is 0 Å². The lowest BCUT2D eigenvalue weighted by Crippen LogP contribution is -2.30. The molecule has 0 spiro atoms. The van der Waals surface area contributed by atoms with Gasteiger partial charge in [0.2, 0.25) is 0 Å². The predicted molar refractivity (Wildman–Crippen MR) is 76.7 cm³/mol. The van der Waals surface area contributed by atoms with Crippen molar-refractivity contribution >= 4 is 0 Å². The Morgan fingerprint density at radius 2 is 1.44 bits per heavy atom. The first-order valence-electron chi connectivity index (χ1n) is 8.04. The van der Waals surface area contributed by atoms with Gasteiger partial charge in [-0.15, -0.1) is 0 Å². The third-order valence-electron chi connectivity index (χ3n) is 3.82. The highest BCUT2D eigenvalue weighted by Crippen LogP contribution is 2.34. The summed E-state index contributed by atoms with van der Waals surface area (Å²) in [6.07, 6.45) is 12.8. The van der Waals surface area contributed by atoms with Crippen LogP contribution in [0.1, 0.15) is 85.0 Å². The molecular formula is C16H32O2. The van der Waals surface area contributed by atoms with Gasteiger partial charge in [-0.1, -0.05) is 52.4 Å². The third kappa shape index (κ3) is 5.71. The number of unbranched alkanes of at least 4 members (excludes halogenated alkanes) is 6. The molecule has 18 heavy (non-hydrogen) atoms. The zero-order valence-corrected chi connectivity index (χ0v) is 12.7. The normalized spacial score (nSPS) is 22.5. The van der Waals surface area contributed by atoms with Crippen molar-refractivity contribution in [3.63, 3.8) is 0 Å². The molecule has 0 N–H and O–H groups in total. The summed E-state index contributed by atoms with van der Waals surface area (Å²) >= 11 is 0. The molecule has 0 saturated carbocycles. The van der Waals surface area contributed by atoms with Crippen molar-refractivity contribution in [1.82, 2.24) is 0 Å². The van der Waals surface area contributed by atoms with E-state index in [4.69, 9.17) is 9.47 Å². The third-order valence-corrected chi connectivity index (χ3v) is 3.82. The summed E-state index contributed by atoms with van der Waals surface area (Å²) in [7, 11) is 0. The van der Waals surface area contributed by atoms with E-state index in [0.29, 0.717) is 0 Å². The van der Waals surface area contributed by atoms with Gasteiger partial charge in [0.15, 0.2) is 5.79 Å². The first kappa shape index (κ1) is 16.0. The minimum atomic E-state index is -0.235. The van der Waals surface area contributed by atoms with Crippen LogP contribution in [0.4, 0.5) is 0 Å². The molecule has 1 saturated heterocycles. The fourth-order valence-corrected chi connectivity index (χ4v) is 2.73. The van der Waals surface area contributed by atoms with Gasteiger partial charge in [-0.2, -0.15) is 0 Å². The van der Waals surface area contributed by atoms with Crippen LogP contribution in [0, 0.1) is 0 Å². The van der Waals surface area contributed by atoms with Crippen LogP contribution in [0.5, 0.6) is 0 Å². The van der Waals surface area contributed by atoms with Crippen molar-refractivity contribution in [2.75, 3.05) is 6.61 Å². The molecule has 0 aromatic carbocycles. The van der Waals surface area contributed by atoms with Crippen molar-refractivity contribution < 1.29 is 9.47 Å². The quantitative estimate of drug-likeness (QED) is 0.509. The van der Waals surface area contributed by atoms with E-state index in [-0.39, 0.29) is 11.9 Å². The molecule has 0 bridgehead atoms. The van der Waals surface area contributed by atoms with Gasteiger partial charge in [0, 0.05) is 12.8 Å². The molecule has 1 aliphatic rings. The van der Waals surface area contributed by atoms with Crippen molar-refractivity contribution in [3.05, 3.63) is 0 Å². The van der Waals surface area contributed by atoms with E-state index < -0.39 is 0 Å². The summed E-state index contributed by atoms with van der Waals surface area (Å²) in [6, 6.07) is 0. The average Bonchev–Trinajstić information content (AvgIpc) is 2.73.